The molecule has 0 fully saturated rings. The molecule has 0 bridgehead atoms. The largest absolute Gasteiger partial charge is 0.481 e. The minimum atomic E-state index is -0.939. The van der Waals surface area contributed by atoms with Gasteiger partial charge in [-0.15, -0.1) is 0 Å². The van der Waals surface area contributed by atoms with Crippen LogP contribution < -0.4 is 0 Å². The first-order chi connectivity index (χ1) is 7.15. The third kappa shape index (κ3) is 2.07. The van der Waals surface area contributed by atoms with Crippen molar-refractivity contribution < 1.29 is 18.7 Å². The van der Waals surface area contributed by atoms with E-state index in [2.05, 4.69) is 4.98 Å². The SMILES string of the molecule is Cc1ccc(-c2nc(CC(=O)O)co2)o1. The fraction of sp³-hybridized carbons (Fsp3) is 0.200. The lowest BCUT2D eigenvalue weighted by molar-refractivity contribution is -0.136. The number of aryl methyl sites for hydroxylation is 1. The molecule has 2 aromatic rings. The summed E-state index contributed by atoms with van der Waals surface area (Å²) in [5.74, 6) is 0.622. The Labute approximate surface area is 85.3 Å². The van der Waals surface area contributed by atoms with E-state index in [0.717, 1.165) is 5.76 Å². The molecule has 1 N–H and O–H groups in total. The van der Waals surface area contributed by atoms with Gasteiger partial charge in [-0.1, -0.05) is 0 Å². The Morgan fingerprint density at radius 2 is 2.33 bits per heavy atom. The molecule has 78 valence electrons. The molecule has 5 nitrogen and oxygen atoms in total. The zero-order chi connectivity index (χ0) is 10.8. The molecule has 5 heteroatoms. The summed E-state index contributed by atoms with van der Waals surface area (Å²) < 4.78 is 10.4. The van der Waals surface area contributed by atoms with Crippen molar-refractivity contribution in [2.75, 3.05) is 0 Å². The minimum Gasteiger partial charge on any atom is -0.481 e. The van der Waals surface area contributed by atoms with E-state index >= 15 is 0 Å². The molecule has 2 aromatic heterocycles. The second kappa shape index (κ2) is 3.61. The van der Waals surface area contributed by atoms with Crippen molar-refractivity contribution in [1.82, 2.24) is 4.98 Å². The van der Waals surface area contributed by atoms with Crippen LogP contribution in [0.2, 0.25) is 0 Å². The number of carbonyl (C=O) groups is 1. The summed E-state index contributed by atoms with van der Waals surface area (Å²) in [5, 5.41) is 8.55. The number of oxazole rings is 1. The molecule has 0 amide bonds. The van der Waals surface area contributed by atoms with Gasteiger partial charge in [-0.05, 0) is 19.1 Å². The van der Waals surface area contributed by atoms with Crippen molar-refractivity contribution in [3.05, 3.63) is 29.9 Å². The van der Waals surface area contributed by atoms with E-state index < -0.39 is 5.97 Å². The molecule has 0 atom stereocenters. The van der Waals surface area contributed by atoms with Crippen LogP contribution in [-0.2, 0) is 11.2 Å². The van der Waals surface area contributed by atoms with Gasteiger partial charge in [-0.25, -0.2) is 4.98 Å². The third-order valence-corrected chi connectivity index (χ3v) is 1.84. The number of aliphatic carboxylic acids is 1. The fourth-order valence-electron chi connectivity index (χ4n) is 1.21. The number of carboxylic acids is 1. The predicted octanol–water partition coefficient (Wildman–Crippen LogP) is 1.87. The molecule has 0 unspecified atom stereocenters. The van der Waals surface area contributed by atoms with E-state index in [1.54, 1.807) is 12.1 Å². The number of hydrogen-bond acceptors (Lipinski definition) is 4. The first-order valence-corrected chi connectivity index (χ1v) is 4.38. The molecule has 0 radical (unpaired) electrons. The molecule has 0 aromatic carbocycles. The molecule has 15 heavy (non-hydrogen) atoms. The fourth-order valence-corrected chi connectivity index (χ4v) is 1.21. The number of aromatic nitrogens is 1. The second-order valence-corrected chi connectivity index (χ2v) is 3.12. The Morgan fingerprint density at radius 3 is 2.93 bits per heavy atom. The summed E-state index contributed by atoms with van der Waals surface area (Å²) in [7, 11) is 0. The van der Waals surface area contributed by atoms with Gasteiger partial charge in [0.05, 0.1) is 12.1 Å². The number of nitrogens with zero attached hydrogens (tertiary/aromatic N) is 1. The molecule has 0 aliphatic rings. The Bertz CT molecular complexity index is 483. The Hall–Kier alpha value is -2.04. The number of carboxylic acid groups (broad SMARTS) is 1. The maximum absolute atomic E-state index is 10.4. The van der Waals surface area contributed by atoms with Crippen LogP contribution in [0.4, 0.5) is 0 Å². The highest BCUT2D eigenvalue weighted by atomic mass is 16.4. The first-order valence-electron chi connectivity index (χ1n) is 4.38. The van der Waals surface area contributed by atoms with E-state index in [1.807, 2.05) is 6.92 Å². The summed E-state index contributed by atoms with van der Waals surface area (Å²) in [6.45, 7) is 1.81. The van der Waals surface area contributed by atoms with Crippen LogP contribution in [0.5, 0.6) is 0 Å². The molecule has 0 aliphatic carbocycles. The van der Waals surface area contributed by atoms with Gasteiger partial charge in [0, 0.05) is 0 Å². The molecule has 0 spiro atoms. The number of rotatable bonds is 3. The zero-order valence-electron chi connectivity index (χ0n) is 8.06. The van der Waals surface area contributed by atoms with E-state index in [-0.39, 0.29) is 6.42 Å². The van der Waals surface area contributed by atoms with Crippen LogP contribution in [0, 0.1) is 6.92 Å². The van der Waals surface area contributed by atoms with Gasteiger partial charge >= 0.3 is 5.97 Å². The summed E-state index contributed by atoms with van der Waals surface area (Å²) in [6, 6.07) is 3.52. The maximum atomic E-state index is 10.4. The lowest BCUT2D eigenvalue weighted by Gasteiger charge is -1.87. The first kappa shape index (κ1) is 9.51. The normalized spacial score (nSPS) is 10.5. The van der Waals surface area contributed by atoms with Gasteiger partial charge in [-0.3, -0.25) is 4.79 Å². The van der Waals surface area contributed by atoms with Crippen molar-refractivity contribution in [2.45, 2.75) is 13.3 Å². The molecule has 0 aliphatic heterocycles. The molecule has 2 rings (SSSR count). The lowest BCUT2D eigenvalue weighted by atomic mass is 10.3. The van der Waals surface area contributed by atoms with Crippen LogP contribution in [0.3, 0.4) is 0 Å². The molecule has 2 heterocycles. The van der Waals surface area contributed by atoms with Crippen LogP contribution in [0.15, 0.2) is 27.2 Å². The summed E-state index contributed by atoms with van der Waals surface area (Å²) >= 11 is 0. The van der Waals surface area contributed by atoms with Crippen LogP contribution in [0.1, 0.15) is 11.5 Å². The van der Waals surface area contributed by atoms with Gasteiger partial charge < -0.3 is 13.9 Å². The van der Waals surface area contributed by atoms with Crippen molar-refractivity contribution in [2.24, 2.45) is 0 Å². The molecular weight excluding hydrogens is 198 g/mol. The van der Waals surface area contributed by atoms with E-state index in [9.17, 15) is 4.79 Å². The van der Waals surface area contributed by atoms with Crippen molar-refractivity contribution in [3.8, 4) is 11.7 Å². The maximum Gasteiger partial charge on any atom is 0.309 e. The predicted molar refractivity (Wildman–Crippen MR) is 50.3 cm³/mol. The Balaban J connectivity index is 2.23. The molecular formula is C10H9NO4. The average molecular weight is 207 g/mol. The minimum absolute atomic E-state index is 0.150. The van der Waals surface area contributed by atoms with Crippen LogP contribution >= 0.6 is 0 Å². The monoisotopic (exact) mass is 207 g/mol. The summed E-state index contributed by atoms with van der Waals surface area (Å²) in [4.78, 5) is 14.4. The van der Waals surface area contributed by atoms with Crippen LogP contribution in [0.25, 0.3) is 11.7 Å². The van der Waals surface area contributed by atoms with E-state index in [0.29, 0.717) is 17.3 Å². The molecule has 0 saturated heterocycles. The van der Waals surface area contributed by atoms with Gasteiger partial charge in [-0.2, -0.15) is 0 Å². The summed E-state index contributed by atoms with van der Waals surface area (Å²) in [6.07, 6.45) is 1.17. The van der Waals surface area contributed by atoms with E-state index in [4.69, 9.17) is 13.9 Å². The second-order valence-electron chi connectivity index (χ2n) is 3.12. The summed E-state index contributed by atoms with van der Waals surface area (Å²) in [5.41, 5.74) is 0.381. The van der Waals surface area contributed by atoms with Crippen molar-refractivity contribution in [3.63, 3.8) is 0 Å². The standard InChI is InChI=1S/C10H9NO4/c1-6-2-3-8(15-6)10-11-7(5-14-10)4-9(12)13/h2-3,5H,4H2,1H3,(H,12,13). The van der Waals surface area contributed by atoms with Gasteiger partial charge in [0.25, 0.3) is 5.89 Å². The topological polar surface area (TPSA) is 76.5 Å². The smallest absolute Gasteiger partial charge is 0.309 e. The lowest BCUT2D eigenvalue weighted by Crippen LogP contribution is -1.99. The quantitative estimate of drug-likeness (QED) is 0.831. The zero-order valence-corrected chi connectivity index (χ0v) is 8.06. The van der Waals surface area contributed by atoms with Gasteiger partial charge in [0.15, 0.2) is 5.76 Å². The number of hydrogen-bond donors (Lipinski definition) is 1. The third-order valence-electron chi connectivity index (χ3n) is 1.84. The highest BCUT2D eigenvalue weighted by molar-refractivity contribution is 5.69. The molecule has 0 saturated carbocycles. The Morgan fingerprint density at radius 1 is 1.53 bits per heavy atom. The number of furan rings is 1. The van der Waals surface area contributed by atoms with Crippen LogP contribution in [-0.4, -0.2) is 16.1 Å². The highest BCUT2D eigenvalue weighted by Crippen LogP contribution is 2.21. The van der Waals surface area contributed by atoms with Gasteiger partial charge in [0.2, 0.25) is 0 Å². The van der Waals surface area contributed by atoms with E-state index in [1.165, 1.54) is 6.26 Å². The van der Waals surface area contributed by atoms with Crippen molar-refractivity contribution in [1.29, 1.82) is 0 Å². The van der Waals surface area contributed by atoms with Crippen molar-refractivity contribution >= 4 is 5.97 Å². The average Bonchev–Trinajstić information content (AvgIpc) is 2.72. The Kier molecular flexibility index (Phi) is 2.29. The van der Waals surface area contributed by atoms with Gasteiger partial charge in [0.1, 0.15) is 12.0 Å². The highest BCUT2D eigenvalue weighted by Gasteiger charge is 2.11.